The molecule has 2 nitrogen and oxygen atoms in total. The van der Waals surface area contributed by atoms with Crippen LogP contribution in [0.25, 0.3) is 0 Å². The summed E-state index contributed by atoms with van der Waals surface area (Å²) in [5.74, 6) is 0. The summed E-state index contributed by atoms with van der Waals surface area (Å²) in [6.45, 7) is 5.81. The van der Waals surface area contributed by atoms with E-state index in [1.54, 1.807) is 0 Å². The lowest BCUT2D eigenvalue weighted by Crippen LogP contribution is -2.39. The Morgan fingerprint density at radius 3 is 1.53 bits per heavy atom. The van der Waals surface area contributed by atoms with Gasteiger partial charge in [-0.3, -0.25) is 0 Å². The molecule has 0 N–H and O–H groups in total. The van der Waals surface area contributed by atoms with Gasteiger partial charge in [-0.05, 0) is 31.4 Å². The third kappa shape index (κ3) is 12.3. The number of benzene rings is 1. The maximum absolute atomic E-state index is 2.61. The number of hydrogen-bond donors (Lipinski definition) is 0. The second kappa shape index (κ2) is 19.8. The van der Waals surface area contributed by atoms with Gasteiger partial charge in [0.1, 0.15) is 6.17 Å². The molecule has 2 heteroatoms. The Morgan fingerprint density at radius 1 is 0.529 bits per heavy atom. The van der Waals surface area contributed by atoms with E-state index in [1.165, 1.54) is 141 Å². The van der Waals surface area contributed by atoms with Crippen molar-refractivity contribution in [3.8, 4) is 0 Å². The lowest BCUT2D eigenvalue weighted by molar-refractivity contribution is 0.273. The maximum Gasteiger partial charge on any atom is 0.105 e. The average molecular weight is 469 g/mol. The van der Waals surface area contributed by atoms with E-state index in [9.17, 15) is 0 Å². The third-order valence-electron chi connectivity index (χ3n) is 7.51. The summed E-state index contributed by atoms with van der Waals surface area (Å²) in [5.41, 5.74) is 1.33. The first-order chi connectivity index (χ1) is 16.9. The summed E-state index contributed by atoms with van der Waals surface area (Å²) in [7, 11) is 0. The third-order valence-corrected chi connectivity index (χ3v) is 7.51. The van der Waals surface area contributed by atoms with Gasteiger partial charge in [-0.1, -0.05) is 141 Å². The molecule has 1 aromatic carbocycles. The minimum Gasteiger partial charge on any atom is -0.356 e. The molecule has 0 radical (unpaired) electrons. The average Bonchev–Trinajstić information content (AvgIpc) is 3.27. The summed E-state index contributed by atoms with van der Waals surface area (Å²) < 4.78 is 0. The highest BCUT2D eigenvalue weighted by Gasteiger charge is 2.26. The zero-order chi connectivity index (χ0) is 24.1. The van der Waals surface area contributed by atoms with Gasteiger partial charge < -0.3 is 9.80 Å². The Morgan fingerprint density at radius 2 is 1.00 bits per heavy atom. The van der Waals surface area contributed by atoms with E-state index in [1.807, 2.05) is 0 Å². The molecule has 0 saturated heterocycles. The molecule has 1 unspecified atom stereocenters. The second-order valence-corrected chi connectivity index (χ2v) is 10.6. The van der Waals surface area contributed by atoms with Crippen molar-refractivity contribution >= 4 is 5.69 Å². The molecule has 0 aliphatic carbocycles. The van der Waals surface area contributed by atoms with E-state index in [2.05, 4.69) is 66.4 Å². The van der Waals surface area contributed by atoms with Gasteiger partial charge in [0.25, 0.3) is 0 Å². The van der Waals surface area contributed by atoms with Crippen LogP contribution in [-0.4, -0.2) is 17.6 Å². The molecule has 0 fully saturated rings. The Labute approximate surface area is 213 Å². The monoisotopic (exact) mass is 468 g/mol. The van der Waals surface area contributed by atoms with Crippen LogP contribution in [0.2, 0.25) is 0 Å². The molecule has 1 aromatic rings. The summed E-state index contributed by atoms with van der Waals surface area (Å²) >= 11 is 0. The Hall–Kier alpha value is -1.44. The van der Waals surface area contributed by atoms with Crippen molar-refractivity contribution in [1.29, 1.82) is 0 Å². The number of nitrogens with zero attached hydrogens (tertiary/aromatic N) is 2. The van der Waals surface area contributed by atoms with Gasteiger partial charge in [-0.15, -0.1) is 0 Å². The fourth-order valence-electron chi connectivity index (χ4n) is 5.32. The van der Waals surface area contributed by atoms with Crippen LogP contribution in [-0.2, 0) is 0 Å². The molecule has 2 rings (SSSR count). The van der Waals surface area contributed by atoms with Crippen molar-refractivity contribution in [2.45, 2.75) is 148 Å². The molecular formula is C32H56N2. The molecule has 34 heavy (non-hydrogen) atoms. The Kier molecular flexibility index (Phi) is 16.8. The van der Waals surface area contributed by atoms with E-state index in [-0.39, 0.29) is 0 Å². The van der Waals surface area contributed by atoms with E-state index in [4.69, 9.17) is 0 Å². The topological polar surface area (TPSA) is 6.48 Å². The van der Waals surface area contributed by atoms with Crippen molar-refractivity contribution in [2.75, 3.05) is 11.4 Å². The number of unbranched alkanes of at least 4 members (excludes halogenated alkanes) is 17. The lowest BCUT2D eigenvalue weighted by Gasteiger charge is -2.33. The van der Waals surface area contributed by atoms with Gasteiger partial charge in [0.05, 0.1) is 0 Å². The minimum absolute atomic E-state index is 0.505. The smallest absolute Gasteiger partial charge is 0.105 e. The first-order valence-corrected chi connectivity index (χ1v) is 15.1. The van der Waals surface area contributed by atoms with E-state index >= 15 is 0 Å². The molecule has 0 amide bonds. The highest BCUT2D eigenvalue weighted by molar-refractivity contribution is 5.51. The number of para-hydroxylation sites is 1. The fourth-order valence-corrected chi connectivity index (χ4v) is 5.32. The van der Waals surface area contributed by atoms with Crippen molar-refractivity contribution < 1.29 is 0 Å². The molecule has 1 aliphatic heterocycles. The van der Waals surface area contributed by atoms with Crippen LogP contribution in [0, 0.1) is 0 Å². The lowest BCUT2D eigenvalue weighted by atomic mass is 10.0. The minimum atomic E-state index is 0.505. The molecule has 1 heterocycles. The fraction of sp³-hybridized carbons (Fsp3) is 0.750. The molecule has 0 aromatic heterocycles. The quantitative estimate of drug-likeness (QED) is 0.156. The van der Waals surface area contributed by atoms with Gasteiger partial charge in [-0.25, -0.2) is 0 Å². The van der Waals surface area contributed by atoms with Crippen LogP contribution in [0.15, 0.2) is 42.7 Å². The van der Waals surface area contributed by atoms with Gasteiger partial charge >= 0.3 is 0 Å². The molecule has 0 spiro atoms. The van der Waals surface area contributed by atoms with E-state index in [0.29, 0.717) is 6.17 Å². The summed E-state index contributed by atoms with van der Waals surface area (Å²) in [4.78, 5) is 5.11. The zero-order valence-corrected chi connectivity index (χ0v) is 22.9. The molecule has 194 valence electrons. The summed E-state index contributed by atoms with van der Waals surface area (Å²) in [5, 5.41) is 0. The zero-order valence-electron chi connectivity index (χ0n) is 22.9. The summed E-state index contributed by atoms with van der Waals surface area (Å²) in [6, 6.07) is 10.9. The van der Waals surface area contributed by atoms with Crippen LogP contribution in [0.4, 0.5) is 5.69 Å². The molecule has 1 aliphatic rings. The van der Waals surface area contributed by atoms with Crippen molar-refractivity contribution in [2.24, 2.45) is 0 Å². The predicted octanol–water partition coefficient (Wildman–Crippen LogP) is 10.4. The SMILES string of the molecule is CCCCCCCCCCCCCCCCCN1C=CN(c2ccccc2)C1CCCCCC. The predicted molar refractivity (Wildman–Crippen MR) is 152 cm³/mol. The molecule has 0 saturated carbocycles. The Bertz CT molecular complexity index is 596. The van der Waals surface area contributed by atoms with Crippen LogP contribution >= 0.6 is 0 Å². The van der Waals surface area contributed by atoms with E-state index in [0.717, 1.165) is 0 Å². The highest BCUT2D eigenvalue weighted by atomic mass is 15.4. The van der Waals surface area contributed by atoms with Crippen LogP contribution in [0.3, 0.4) is 0 Å². The Balaban J connectivity index is 1.52. The second-order valence-electron chi connectivity index (χ2n) is 10.6. The van der Waals surface area contributed by atoms with Crippen molar-refractivity contribution in [3.05, 3.63) is 42.7 Å². The summed E-state index contributed by atoms with van der Waals surface area (Å²) in [6.07, 6.45) is 33.3. The highest BCUT2D eigenvalue weighted by Crippen LogP contribution is 2.28. The van der Waals surface area contributed by atoms with Gasteiger partial charge in [-0.2, -0.15) is 0 Å². The van der Waals surface area contributed by atoms with Crippen molar-refractivity contribution in [3.63, 3.8) is 0 Å². The number of rotatable bonds is 22. The number of hydrogen-bond acceptors (Lipinski definition) is 2. The van der Waals surface area contributed by atoms with Gasteiger partial charge in [0.15, 0.2) is 0 Å². The first kappa shape index (κ1) is 28.8. The van der Waals surface area contributed by atoms with Crippen LogP contribution in [0.1, 0.15) is 142 Å². The standard InChI is InChI=1S/C32H56N2/c1-3-5-7-9-10-11-12-13-14-15-16-17-18-19-24-28-33-29-30-34(31-25-21-20-22-26-31)32(33)27-23-8-6-4-2/h20-22,25-26,29-30,32H,3-19,23-24,27-28H2,1-2H3. The number of anilines is 1. The van der Waals surface area contributed by atoms with Gasteiger partial charge in [0.2, 0.25) is 0 Å². The largest absolute Gasteiger partial charge is 0.356 e. The maximum atomic E-state index is 2.61. The normalized spacial score (nSPS) is 15.5. The van der Waals surface area contributed by atoms with Crippen LogP contribution in [0.5, 0.6) is 0 Å². The van der Waals surface area contributed by atoms with E-state index < -0.39 is 0 Å². The van der Waals surface area contributed by atoms with Gasteiger partial charge in [0, 0.05) is 24.6 Å². The molecule has 0 bridgehead atoms. The van der Waals surface area contributed by atoms with Crippen LogP contribution < -0.4 is 4.90 Å². The molecular weight excluding hydrogens is 412 g/mol. The molecule has 1 atom stereocenters. The van der Waals surface area contributed by atoms with Crippen molar-refractivity contribution in [1.82, 2.24) is 4.90 Å². The first-order valence-electron chi connectivity index (χ1n) is 15.1.